The summed E-state index contributed by atoms with van der Waals surface area (Å²) >= 11 is 0. The molecular weight excluding hydrogens is 273 g/mol. The van der Waals surface area contributed by atoms with Crippen molar-refractivity contribution in [1.82, 2.24) is 4.90 Å². The molecule has 0 atom stereocenters. The molecular formula is C13H17F3N2O2. The van der Waals surface area contributed by atoms with Gasteiger partial charge in [-0.1, -0.05) is 6.07 Å². The highest BCUT2D eigenvalue weighted by Gasteiger charge is 2.31. The van der Waals surface area contributed by atoms with Crippen LogP contribution in [-0.4, -0.2) is 50.7 Å². The predicted molar refractivity (Wildman–Crippen MR) is 68.9 cm³/mol. The Morgan fingerprint density at radius 3 is 2.70 bits per heavy atom. The van der Waals surface area contributed by atoms with E-state index in [0.29, 0.717) is 12.2 Å². The maximum absolute atomic E-state index is 12.1. The number of nitrogens with zero attached hydrogens (tertiary/aromatic N) is 1. The van der Waals surface area contributed by atoms with Gasteiger partial charge >= 0.3 is 6.36 Å². The first-order valence-corrected chi connectivity index (χ1v) is 6.43. The number of nitrogens with one attached hydrogen (secondary N) is 1. The first-order valence-electron chi connectivity index (χ1n) is 6.43. The molecule has 0 radical (unpaired) electrons. The third-order valence-corrected chi connectivity index (χ3v) is 2.93. The van der Waals surface area contributed by atoms with Crippen LogP contribution in [0.2, 0.25) is 0 Å². The Morgan fingerprint density at radius 2 is 2.00 bits per heavy atom. The van der Waals surface area contributed by atoms with E-state index in [4.69, 9.17) is 4.74 Å². The summed E-state index contributed by atoms with van der Waals surface area (Å²) in [6.45, 7) is 4.73. The van der Waals surface area contributed by atoms with Crippen LogP contribution in [0.1, 0.15) is 0 Å². The second kappa shape index (κ2) is 6.81. The van der Waals surface area contributed by atoms with Gasteiger partial charge in [0.15, 0.2) is 0 Å². The van der Waals surface area contributed by atoms with Gasteiger partial charge in [-0.25, -0.2) is 0 Å². The normalized spacial score (nSPS) is 16.9. The molecule has 1 N–H and O–H groups in total. The lowest BCUT2D eigenvalue weighted by molar-refractivity contribution is -0.274. The third kappa shape index (κ3) is 5.26. The van der Waals surface area contributed by atoms with Crippen LogP contribution >= 0.6 is 0 Å². The number of ether oxygens (including phenoxy) is 2. The van der Waals surface area contributed by atoms with Crippen molar-refractivity contribution < 1.29 is 22.6 Å². The molecule has 0 amide bonds. The number of morpholine rings is 1. The fourth-order valence-corrected chi connectivity index (χ4v) is 1.99. The molecule has 1 saturated heterocycles. The van der Waals surface area contributed by atoms with Crippen molar-refractivity contribution in [1.29, 1.82) is 0 Å². The van der Waals surface area contributed by atoms with E-state index in [2.05, 4.69) is 15.0 Å². The highest BCUT2D eigenvalue weighted by atomic mass is 19.4. The van der Waals surface area contributed by atoms with Crippen molar-refractivity contribution in [3.05, 3.63) is 24.3 Å². The van der Waals surface area contributed by atoms with Crippen molar-refractivity contribution in [3.63, 3.8) is 0 Å². The van der Waals surface area contributed by atoms with Crippen LogP contribution in [0, 0.1) is 0 Å². The summed E-state index contributed by atoms with van der Waals surface area (Å²) < 4.78 is 45.4. The number of hydrogen-bond acceptors (Lipinski definition) is 4. The summed E-state index contributed by atoms with van der Waals surface area (Å²) in [5, 5.41) is 3.09. The van der Waals surface area contributed by atoms with Crippen LogP contribution in [0.15, 0.2) is 24.3 Å². The minimum Gasteiger partial charge on any atom is -0.406 e. The number of anilines is 1. The maximum atomic E-state index is 12.1. The van der Waals surface area contributed by atoms with Gasteiger partial charge in [0.05, 0.1) is 13.2 Å². The zero-order valence-electron chi connectivity index (χ0n) is 10.9. The van der Waals surface area contributed by atoms with Crippen LogP contribution in [0.4, 0.5) is 18.9 Å². The molecule has 0 saturated carbocycles. The Balaban J connectivity index is 1.79. The lowest BCUT2D eigenvalue weighted by atomic mass is 10.3. The molecule has 0 bridgehead atoms. The molecule has 1 heterocycles. The molecule has 7 heteroatoms. The van der Waals surface area contributed by atoms with Gasteiger partial charge in [-0.15, -0.1) is 13.2 Å². The summed E-state index contributed by atoms with van der Waals surface area (Å²) in [4.78, 5) is 2.24. The quantitative estimate of drug-likeness (QED) is 0.902. The molecule has 1 aromatic carbocycles. The number of alkyl halides is 3. The summed E-state index contributed by atoms with van der Waals surface area (Å²) in [5.41, 5.74) is 0.611. The Kier molecular flexibility index (Phi) is 5.08. The van der Waals surface area contributed by atoms with E-state index in [1.165, 1.54) is 18.2 Å². The Labute approximate surface area is 115 Å². The molecule has 4 nitrogen and oxygen atoms in total. The van der Waals surface area contributed by atoms with Crippen molar-refractivity contribution in [2.24, 2.45) is 0 Å². The highest BCUT2D eigenvalue weighted by molar-refractivity contribution is 5.48. The van der Waals surface area contributed by atoms with Crippen LogP contribution in [-0.2, 0) is 4.74 Å². The number of rotatable bonds is 5. The molecule has 112 valence electrons. The fraction of sp³-hybridized carbons (Fsp3) is 0.538. The van der Waals surface area contributed by atoms with Crippen LogP contribution in [0.25, 0.3) is 0 Å². The molecule has 0 unspecified atom stereocenters. The SMILES string of the molecule is FC(F)(F)Oc1cccc(NCCN2CCOCC2)c1. The first-order chi connectivity index (χ1) is 9.53. The predicted octanol–water partition coefficient (Wildman–Crippen LogP) is 2.33. The average Bonchev–Trinajstić information content (AvgIpc) is 2.38. The number of benzene rings is 1. The van der Waals surface area contributed by atoms with Crippen molar-refractivity contribution >= 4 is 5.69 Å². The zero-order valence-corrected chi connectivity index (χ0v) is 10.9. The molecule has 0 aromatic heterocycles. The molecule has 1 aliphatic heterocycles. The third-order valence-electron chi connectivity index (χ3n) is 2.93. The van der Waals surface area contributed by atoms with Gasteiger partial charge in [-0.05, 0) is 12.1 Å². The number of hydrogen-bond donors (Lipinski definition) is 1. The van der Waals surface area contributed by atoms with Gasteiger partial charge in [-0.2, -0.15) is 0 Å². The fourth-order valence-electron chi connectivity index (χ4n) is 1.99. The van der Waals surface area contributed by atoms with Gasteiger partial charge in [0.2, 0.25) is 0 Å². The van der Waals surface area contributed by atoms with Crippen molar-refractivity contribution in [3.8, 4) is 5.75 Å². The minimum atomic E-state index is -4.66. The van der Waals surface area contributed by atoms with Gasteiger partial charge in [0.1, 0.15) is 5.75 Å². The molecule has 2 rings (SSSR count). The summed E-state index contributed by atoms with van der Waals surface area (Å²) in [6, 6.07) is 5.86. The smallest absolute Gasteiger partial charge is 0.406 e. The number of halogens is 3. The van der Waals surface area contributed by atoms with E-state index in [0.717, 1.165) is 32.8 Å². The van der Waals surface area contributed by atoms with E-state index in [1.807, 2.05) is 0 Å². The summed E-state index contributed by atoms with van der Waals surface area (Å²) in [5.74, 6) is -0.214. The molecule has 1 aromatic rings. The van der Waals surface area contributed by atoms with E-state index >= 15 is 0 Å². The van der Waals surface area contributed by atoms with Gasteiger partial charge < -0.3 is 14.8 Å². The summed E-state index contributed by atoms with van der Waals surface area (Å²) in [7, 11) is 0. The van der Waals surface area contributed by atoms with Crippen molar-refractivity contribution in [2.45, 2.75) is 6.36 Å². The Bertz CT molecular complexity index is 420. The second-order valence-corrected chi connectivity index (χ2v) is 4.46. The first kappa shape index (κ1) is 14.9. The average molecular weight is 290 g/mol. The lowest BCUT2D eigenvalue weighted by Gasteiger charge is -2.26. The zero-order chi connectivity index (χ0) is 14.4. The van der Waals surface area contributed by atoms with Gasteiger partial charge in [0, 0.05) is 37.9 Å². The van der Waals surface area contributed by atoms with E-state index < -0.39 is 6.36 Å². The minimum absolute atomic E-state index is 0.214. The standard InChI is InChI=1S/C13H17F3N2O2/c14-13(15,16)20-12-3-1-2-11(10-12)17-4-5-18-6-8-19-9-7-18/h1-3,10,17H,4-9H2. The van der Waals surface area contributed by atoms with Crippen LogP contribution < -0.4 is 10.1 Å². The largest absolute Gasteiger partial charge is 0.573 e. The monoisotopic (exact) mass is 290 g/mol. The Morgan fingerprint density at radius 1 is 1.25 bits per heavy atom. The van der Waals surface area contributed by atoms with E-state index in [9.17, 15) is 13.2 Å². The molecule has 1 aliphatic rings. The maximum Gasteiger partial charge on any atom is 0.573 e. The highest BCUT2D eigenvalue weighted by Crippen LogP contribution is 2.24. The molecule has 20 heavy (non-hydrogen) atoms. The lowest BCUT2D eigenvalue weighted by Crippen LogP contribution is -2.39. The van der Waals surface area contributed by atoms with Crippen molar-refractivity contribution in [2.75, 3.05) is 44.7 Å². The Hall–Kier alpha value is -1.47. The van der Waals surface area contributed by atoms with Gasteiger partial charge in [0.25, 0.3) is 0 Å². The van der Waals surface area contributed by atoms with Crippen LogP contribution in [0.3, 0.4) is 0 Å². The topological polar surface area (TPSA) is 33.7 Å². The van der Waals surface area contributed by atoms with E-state index in [-0.39, 0.29) is 5.75 Å². The molecule has 0 spiro atoms. The molecule has 0 aliphatic carbocycles. The summed E-state index contributed by atoms with van der Waals surface area (Å²) in [6.07, 6.45) is -4.66. The van der Waals surface area contributed by atoms with Gasteiger partial charge in [-0.3, -0.25) is 4.90 Å². The molecule has 1 fully saturated rings. The van der Waals surface area contributed by atoms with Crippen LogP contribution in [0.5, 0.6) is 5.75 Å². The van der Waals surface area contributed by atoms with E-state index in [1.54, 1.807) is 6.07 Å². The second-order valence-electron chi connectivity index (χ2n) is 4.46.